The highest BCUT2D eigenvalue weighted by atomic mass is 32.1. The molecule has 2 N–H and O–H groups in total. The summed E-state index contributed by atoms with van der Waals surface area (Å²) in [5.41, 5.74) is 5.46. The van der Waals surface area contributed by atoms with E-state index in [0.717, 1.165) is 24.4 Å². The van der Waals surface area contributed by atoms with Gasteiger partial charge in [0.25, 0.3) is 0 Å². The van der Waals surface area contributed by atoms with Crippen molar-refractivity contribution in [1.82, 2.24) is 4.98 Å². The molecule has 2 heterocycles. The van der Waals surface area contributed by atoms with Gasteiger partial charge < -0.3 is 5.73 Å². The molecule has 0 bridgehead atoms. The topological polar surface area (TPSA) is 38.9 Å². The highest BCUT2D eigenvalue weighted by Gasteiger charge is 2.04. The van der Waals surface area contributed by atoms with Crippen LogP contribution in [0.3, 0.4) is 0 Å². The lowest BCUT2D eigenvalue weighted by atomic mass is 10.3. The number of aromatic nitrogens is 1. The lowest BCUT2D eigenvalue weighted by molar-refractivity contribution is 0.841. The largest absolute Gasteiger partial charge is 0.330 e. The number of thiazole rings is 1. The molecule has 0 fully saturated rings. The maximum Gasteiger partial charge on any atom is 0.133 e. The Morgan fingerprint density at radius 1 is 1.43 bits per heavy atom. The van der Waals surface area contributed by atoms with Crippen molar-refractivity contribution >= 4 is 22.7 Å². The van der Waals surface area contributed by atoms with Crippen molar-refractivity contribution in [3.8, 4) is 9.88 Å². The molecule has 0 aliphatic carbocycles. The molecule has 0 atom stereocenters. The van der Waals surface area contributed by atoms with Gasteiger partial charge in [-0.3, -0.25) is 0 Å². The van der Waals surface area contributed by atoms with Gasteiger partial charge >= 0.3 is 0 Å². The van der Waals surface area contributed by atoms with Crippen LogP contribution in [0.15, 0.2) is 23.7 Å². The Morgan fingerprint density at radius 3 is 3.07 bits per heavy atom. The van der Waals surface area contributed by atoms with E-state index >= 15 is 0 Å². The van der Waals surface area contributed by atoms with E-state index in [1.54, 1.807) is 22.7 Å². The fourth-order valence-electron chi connectivity index (χ4n) is 1.21. The van der Waals surface area contributed by atoms with Gasteiger partial charge in [0.15, 0.2) is 0 Å². The first-order chi connectivity index (χ1) is 6.90. The second-order valence-corrected chi connectivity index (χ2v) is 5.06. The zero-order chi connectivity index (χ0) is 9.80. The second kappa shape index (κ2) is 4.68. The Balaban J connectivity index is 2.10. The molecular weight excluding hydrogens is 212 g/mol. The third-order valence-electron chi connectivity index (χ3n) is 1.91. The third-order valence-corrected chi connectivity index (χ3v) is 4.01. The van der Waals surface area contributed by atoms with Crippen LogP contribution in [0, 0.1) is 0 Å². The van der Waals surface area contributed by atoms with Crippen molar-refractivity contribution < 1.29 is 0 Å². The molecule has 0 spiro atoms. The molecule has 74 valence electrons. The molecule has 14 heavy (non-hydrogen) atoms. The molecule has 0 aromatic carbocycles. The smallest absolute Gasteiger partial charge is 0.133 e. The average molecular weight is 224 g/mol. The summed E-state index contributed by atoms with van der Waals surface area (Å²) in [7, 11) is 0. The van der Waals surface area contributed by atoms with E-state index in [0.29, 0.717) is 0 Å². The molecule has 2 aromatic rings. The van der Waals surface area contributed by atoms with Gasteiger partial charge in [0.2, 0.25) is 0 Å². The molecule has 2 rings (SSSR count). The van der Waals surface area contributed by atoms with Gasteiger partial charge in [-0.05, 0) is 30.8 Å². The lowest BCUT2D eigenvalue weighted by Crippen LogP contribution is -1.99. The van der Waals surface area contributed by atoms with Gasteiger partial charge in [-0.2, -0.15) is 0 Å². The third kappa shape index (κ3) is 2.20. The monoisotopic (exact) mass is 224 g/mol. The van der Waals surface area contributed by atoms with Crippen molar-refractivity contribution in [2.45, 2.75) is 12.8 Å². The molecule has 2 nitrogen and oxygen atoms in total. The van der Waals surface area contributed by atoms with Crippen LogP contribution in [0.25, 0.3) is 9.88 Å². The van der Waals surface area contributed by atoms with Gasteiger partial charge in [0, 0.05) is 11.1 Å². The summed E-state index contributed by atoms with van der Waals surface area (Å²) in [4.78, 5) is 6.99. The van der Waals surface area contributed by atoms with E-state index in [1.807, 2.05) is 6.20 Å². The maximum absolute atomic E-state index is 5.46. The molecule has 0 unspecified atom stereocenters. The van der Waals surface area contributed by atoms with Crippen LogP contribution in [0.5, 0.6) is 0 Å². The molecule has 0 amide bonds. The number of hydrogen-bond acceptors (Lipinski definition) is 4. The standard InChI is InChI=1S/C10H12N2S2/c11-5-1-3-8-7-12-10(14-8)9-4-2-6-13-9/h2,4,6-7H,1,3,5,11H2. The van der Waals surface area contributed by atoms with Gasteiger partial charge in [0.1, 0.15) is 5.01 Å². The number of nitrogens with two attached hydrogens (primary N) is 1. The van der Waals surface area contributed by atoms with Crippen LogP contribution < -0.4 is 5.73 Å². The molecular formula is C10H12N2S2. The minimum Gasteiger partial charge on any atom is -0.330 e. The first-order valence-corrected chi connectivity index (χ1v) is 6.28. The summed E-state index contributed by atoms with van der Waals surface area (Å²) >= 11 is 3.51. The van der Waals surface area contributed by atoms with E-state index < -0.39 is 0 Å². The normalized spacial score (nSPS) is 10.6. The number of nitrogens with zero attached hydrogens (tertiary/aromatic N) is 1. The van der Waals surface area contributed by atoms with E-state index in [-0.39, 0.29) is 0 Å². The number of hydrogen-bond donors (Lipinski definition) is 1. The quantitative estimate of drug-likeness (QED) is 0.867. The van der Waals surface area contributed by atoms with Crippen molar-refractivity contribution in [2.24, 2.45) is 5.73 Å². The second-order valence-electron chi connectivity index (χ2n) is 3.00. The summed E-state index contributed by atoms with van der Waals surface area (Å²) in [6.07, 6.45) is 4.07. The van der Waals surface area contributed by atoms with E-state index in [2.05, 4.69) is 22.5 Å². The number of thiophene rings is 1. The molecule has 0 saturated carbocycles. The molecule has 0 aliphatic heterocycles. The summed E-state index contributed by atoms with van der Waals surface area (Å²) in [6, 6.07) is 4.16. The minimum absolute atomic E-state index is 0.756. The SMILES string of the molecule is NCCCc1cnc(-c2cccs2)s1. The first-order valence-electron chi connectivity index (χ1n) is 4.59. The van der Waals surface area contributed by atoms with E-state index in [4.69, 9.17) is 5.73 Å². The minimum atomic E-state index is 0.756. The fourth-order valence-corrected chi connectivity index (χ4v) is 2.97. The zero-order valence-electron chi connectivity index (χ0n) is 7.77. The van der Waals surface area contributed by atoms with E-state index in [9.17, 15) is 0 Å². The van der Waals surface area contributed by atoms with Crippen LogP contribution in [0.1, 0.15) is 11.3 Å². The summed E-state index contributed by atoms with van der Waals surface area (Å²) < 4.78 is 0. The van der Waals surface area contributed by atoms with Gasteiger partial charge in [-0.15, -0.1) is 22.7 Å². The predicted octanol–water partition coefficient (Wildman–Crippen LogP) is 2.76. The van der Waals surface area contributed by atoms with Crippen molar-refractivity contribution in [2.75, 3.05) is 6.54 Å². The summed E-state index contributed by atoms with van der Waals surface area (Å²) in [5, 5.41) is 3.21. The van der Waals surface area contributed by atoms with Gasteiger partial charge in [-0.1, -0.05) is 6.07 Å². The van der Waals surface area contributed by atoms with Crippen LogP contribution in [-0.4, -0.2) is 11.5 Å². The average Bonchev–Trinajstić information content (AvgIpc) is 2.85. The maximum atomic E-state index is 5.46. The van der Waals surface area contributed by atoms with Crippen LogP contribution in [0.2, 0.25) is 0 Å². The van der Waals surface area contributed by atoms with Crippen LogP contribution in [0.4, 0.5) is 0 Å². The predicted molar refractivity (Wildman–Crippen MR) is 62.8 cm³/mol. The fraction of sp³-hybridized carbons (Fsp3) is 0.300. The molecule has 0 saturated heterocycles. The van der Waals surface area contributed by atoms with Crippen LogP contribution >= 0.6 is 22.7 Å². The highest BCUT2D eigenvalue weighted by molar-refractivity contribution is 7.20. The Kier molecular flexibility index (Phi) is 3.29. The Hall–Kier alpha value is -0.710. The molecule has 4 heteroatoms. The summed E-state index contributed by atoms with van der Waals surface area (Å²) in [6.45, 7) is 0.756. The van der Waals surface area contributed by atoms with Crippen molar-refractivity contribution in [3.05, 3.63) is 28.6 Å². The molecule has 0 radical (unpaired) electrons. The first kappa shape index (κ1) is 9.83. The Bertz CT molecular complexity index is 378. The highest BCUT2D eigenvalue weighted by Crippen LogP contribution is 2.29. The molecule has 0 aliphatic rings. The van der Waals surface area contributed by atoms with Crippen molar-refractivity contribution in [3.63, 3.8) is 0 Å². The van der Waals surface area contributed by atoms with E-state index in [1.165, 1.54) is 9.75 Å². The lowest BCUT2D eigenvalue weighted by Gasteiger charge is -1.91. The Morgan fingerprint density at radius 2 is 2.36 bits per heavy atom. The number of rotatable bonds is 4. The van der Waals surface area contributed by atoms with Crippen LogP contribution in [-0.2, 0) is 6.42 Å². The Labute approximate surface area is 91.4 Å². The molecule has 2 aromatic heterocycles. The zero-order valence-corrected chi connectivity index (χ0v) is 9.40. The number of aryl methyl sites for hydroxylation is 1. The van der Waals surface area contributed by atoms with Crippen molar-refractivity contribution in [1.29, 1.82) is 0 Å². The summed E-state index contributed by atoms with van der Waals surface area (Å²) in [5.74, 6) is 0. The van der Waals surface area contributed by atoms with Gasteiger partial charge in [-0.25, -0.2) is 4.98 Å². The van der Waals surface area contributed by atoms with Gasteiger partial charge in [0.05, 0.1) is 4.88 Å².